The summed E-state index contributed by atoms with van der Waals surface area (Å²) in [4.78, 5) is 29.2. The van der Waals surface area contributed by atoms with Gasteiger partial charge in [0.15, 0.2) is 11.5 Å². The minimum atomic E-state index is -0.774. The van der Waals surface area contributed by atoms with Gasteiger partial charge in [-0.2, -0.15) is 0 Å². The summed E-state index contributed by atoms with van der Waals surface area (Å²) in [7, 11) is 5.49. The maximum atomic E-state index is 13.5. The van der Waals surface area contributed by atoms with E-state index in [1.54, 1.807) is 24.3 Å². The lowest BCUT2D eigenvalue weighted by atomic mass is 9.94. The molecule has 1 aliphatic rings. The Morgan fingerprint density at radius 3 is 2.58 bits per heavy atom. The van der Waals surface area contributed by atoms with Crippen LogP contribution >= 0.6 is 0 Å². The number of ketones is 1. The van der Waals surface area contributed by atoms with E-state index in [0.717, 1.165) is 10.3 Å². The Morgan fingerprint density at radius 2 is 1.87 bits per heavy atom. The monoisotopic (exact) mass is 421 g/mol. The number of quaternary nitrogens is 1. The molecule has 0 bridgehead atoms. The molecular formula is C24H25N2O5+. The number of Topliss-reactive ketones (excluding diaryl/α,β-unsaturated/α-hetero) is 1. The van der Waals surface area contributed by atoms with Crippen LogP contribution in [-0.4, -0.2) is 56.0 Å². The van der Waals surface area contributed by atoms with E-state index in [1.807, 2.05) is 44.4 Å². The molecule has 7 nitrogen and oxygen atoms in total. The number of fused-ring (bicyclic) bond motifs is 1. The van der Waals surface area contributed by atoms with E-state index in [9.17, 15) is 14.7 Å². The number of rotatable bonds is 7. The summed E-state index contributed by atoms with van der Waals surface area (Å²) in [5.74, 6) is -1.02. The molecule has 0 aliphatic carbocycles. The Bertz CT molecular complexity index is 1140. The van der Waals surface area contributed by atoms with Crippen molar-refractivity contribution in [2.24, 2.45) is 0 Å². The zero-order chi connectivity index (χ0) is 22.1. The SMILES string of the molecule is COc1ccccc1[C@H]1C(C(=O)c2cc3ccccc3o2)=C(O)C(=O)N1CC[NH+](C)C. The van der Waals surface area contributed by atoms with Crippen molar-refractivity contribution in [1.82, 2.24) is 4.90 Å². The number of nitrogens with one attached hydrogen (secondary N) is 1. The van der Waals surface area contributed by atoms with Crippen molar-refractivity contribution in [3.8, 4) is 5.75 Å². The predicted molar refractivity (Wildman–Crippen MR) is 115 cm³/mol. The average molecular weight is 421 g/mol. The van der Waals surface area contributed by atoms with Gasteiger partial charge in [0.2, 0.25) is 5.78 Å². The van der Waals surface area contributed by atoms with Crippen molar-refractivity contribution in [2.75, 3.05) is 34.3 Å². The van der Waals surface area contributed by atoms with Gasteiger partial charge in [-0.25, -0.2) is 0 Å². The number of amides is 1. The van der Waals surface area contributed by atoms with E-state index in [1.165, 1.54) is 12.0 Å². The first-order chi connectivity index (χ1) is 14.9. The van der Waals surface area contributed by atoms with Gasteiger partial charge in [-0.1, -0.05) is 36.4 Å². The Hall–Kier alpha value is -3.58. The highest BCUT2D eigenvalue weighted by atomic mass is 16.5. The molecule has 0 radical (unpaired) electrons. The molecule has 1 aromatic heterocycles. The second-order valence-corrected chi connectivity index (χ2v) is 7.84. The van der Waals surface area contributed by atoms with Crippen LogP contribution in [0, 0.1) is 0 Å². The van der Waals surface area contributed by atoms with E-state index < -0.39 is 23.5 Å². The van der Waals surface area contributed by atoms with Gasteiger partial charge in [0, 0.05) is 10.9 Å². The summed E-state index contributed by atoms with van der Waals surface area (Å²) in [5.41, 5.74) is 1.20. The molecule has 160 valence electrons. The van der Waals surface area contributed by atoms with Crippen LogP contribution in [0.2, 0.25) is 0 Å². The third kappa shape index (κ3) is 3.68. The average Bonchev–Trinajstić information content (AvgIpc) is 3.31. The van der Waals surface area contributed by atoms with Gasteiger partial charge >= 0.3 is 0 Å². The lowest BCUT2D eigenvalue weighted by molar-refractivity contribution is -0.857. The van der Waals surface area contributed by atoms with Crippen molar-refractivity contribution in [3.05, 3.63) is 77.3 Å². The fraction of sp³-hybridized carbons (Fsp3) is 0.250. The van der Waals surface area contributed by atoms with E-state index >= 15 is 0 Å². The molecule has 0 saturated heterocycles. The van der Waals surface area contributed by atoms with Crippen LogP contribution in [0.25, 0.3) is 11.0 Å². The normalized spacial score (nSPS) is 16.6. The number of hydrogen-bond acceptors (Lipinski definition) is 5. The molecule has 3 aromatic rings. The van der Waals surface area contributed by atoms with Crippen LogP contribution in [0.15, 0.2) is 70.3 Å². The third-order valence-corrected chi connectivity index (χ3v) is 5.48. The molecule has 0 fully saturated rings. The van der Waals surface area contributed by atoms with Gasteiger partial charge in [0.1, 0.15) is 11.3 Å². The maximum absolute atomic E-state index is 13.5. The minimum absolute atomic E-state index is 0.00214. The van der Waals surface area contributed by atoms with Crippen molar-refractivity contribution in [2.45, 2.75) is 6.04 Å². The van der Waals surface area contributed by atoms with Crippen LogP contribution < -0.4 is 9.64 Å². The Morgan fingerprint density at radius 1 is 1.16 bits per heavy atom. The molecule has 2 aromatic carbocycles. The van der Waals surface area contributed by atoms with Crippen LogP contribution in [0.3, 0.4) is 0 Å². The molecule has 2 heterocycles. The van der Waals surface area contributed by atoms with E-state index in [-0.39, 0.29) is 11.3 Å². The quantitative estimate of drug-likeness (QED) is 0.571. The van der Waals surface area contributed by atoms with Gasteiger partial charge in [0.05, 0.1) is 45.9 Å². The number of carbonyl (C=O) groups excluding carboxylic acids is 2. The number of furan rings is 1. The highest BCUT2D eigenvalue weighted by Gasteiger charge is 2.45. The van der Waals surface area contributed by atoms with Gasteiger partial charge in [0.25, 0.3) is 5.91 Å². The molecule has 31 heavy (non-hydrogen) atoms. The molecule has 1 amide bonds. The van der Waals surface area contributed by atoms with Gasteiger partial charge < -0.3 is 24.1 Å². The number of ether oxygens (including phenoxy) is 1. The smallest absolute Gasteiger partial charge is 0.290 e. The standard InChI is InChI=1S/C24H24N2O5/c1-25(2)12-13-26-21(16-9-5-7-11-18(16)30-3)20(23(28)24(26)29)22(27)19-14-15-8-4-6-10-17(15)31-19/h4-11,14,21,28H,12-13H2,1-3H3/p+1/t21-/m0/s1. The van der Waals surface area contributed by atoms with E-state index in [2.05, 4.69) is 0 Å². The fourth-order valence-electron chi connectivity index (χ4n) is 3.90. The van der Waals surface area contributed by atoms with Crippen LogP contribution in [0.1, 0.15) is 22.2 Å². The first-order valence-electron chi connectivity index (χ1n) is 10.1. The highest BCUT2D eigenvalue weighted by molar-refractivity contribution is 6.16. The lowest BCUT2D eigenvalue weighted by Gasteiger charge is -2.28. The van der Waals surface area contributed by atoms with Crippen molar-refractivity contribution >= 4 is 22.7 Å². The summed E-state index contributed by atoms with van der Waals surface area (Å²) in [6.07, 6.45) is 0. The molecule has 1 atom stereocenters. The summed E-state index contributed by atoms with van der Waals surface area (Å²) in [6, 6.07) is 15.3. The van der Waals surface area contributed by atoms with Gasteiger partial charge in [-0.15, -0.1) is 0 Å². The molecule has 7 heteroatoms. The number of carbonyl (C=O) groups is 2. The topological polar surface area (TPSA) is 84.4 Å². The molecule has 0 spiro atoms. The van der Waals surface area contributed by atoms with E-state index in [0.29, 0.717) is 30.0 Å². The lowest BCUT2D eigenvalue weighted by Crippen LogP contribution is -3.06. The number of nitrogens with zero attached hydrogens (tertiary/aromatic N) is 1. The molecule has 4 rings (SSSR count). The second kappa shape index (κ2) is 8.28. The van der Waals surface area contributed by atoms with Crippen molar-refractivity contribution < 1.29 is 28.7 Å². The number of aliphatic hydroxyl groups excluding tert-OH is 1. The first-order valence-corrected chi connectivity index (χ1v) is 10.1. The second-order valence-electron chi connectivity index (χ2n) is 7.84. The number of para-hydroxylation sites is 2. The van der Waals surface area contributed by atoms with Crippen molar-refractivity contribution in [1.29, 1.82) is 0 Å². The van der Waals surface area contributed by atoms with E-state index in [4.69, 9.17) is 9.15 Å². The first kappa shape index (κ1) is 20.7. The predicted octanol–water partition coefficient (Wildman–Crippen LogP) is 2.16. The molecular weight excluding hydrogens is 396 g/mol. The Balaban J connectivity index is 1.82. The number of aliphatic hydroxyl groups is 1. The third-order valence-electron chi connectivity index (χ3n) is 5.48. The summed E-state index contributed by atoms with van der Waals surface area (Å²) in [5, 5.41) is 11.5. The number of likely N-dealkylation sites (N-methyl/N-ethyl adjacent to an activating group) is 1. The van der Waals surface area contributed by atoms with Crippen molar-refractivity contribution in [3.63, 3.8) is 0 Å². The molecule has 1 aliphatic heterocycles. The largest absolute Gasteiger partial charge is 0.503 e. The number of benzene rings is 2. The number of hydrogen-bond donors (Lipinski definition) is 2. The Labute approximate surface area is 180 Å². The van der Waals surface area contributed by atoms with Crippen LogP contribution in [0.5, 0.6) is 5.75 Å². The summed E-state index contributed by atoms with van der Waals surface area (Å²) >= 11 is 0. The maximum Gasteiger partial charge on any atom is 0.290 e. The fourth-order valence-corrected chi connectivity index (χ4v) is 3.90. The zero-order valence-corrected chi connectivity index (χ0v) is 17.7. The van der Waals surface area contributed by atoms with Crippen LogP contribution in [-0.2, 0) is 4.79 Å². The minimum Gasteiger partial charge on any atom is -0.503 e. The van der Waals surface area contributed by atoms with Crippen LogP contribution in [0.4, 0.5) is 0 Å². The summed E-state index contributed by atoms with van der Waals surface area (Å²) < 4.78 is 11.2. The van der Waals surface area contributed by atoms with Gasteiger partial charge in [-0.05, 0) is 18.2 Å². The van der Waals surface area contributed by atoms with Gasteiger partial charge in [-0.3, -0.25) is 9.59 Å². The number of methoxy groups -OCH3 is 1. The Kier molecular flexibility index (Phi) is 5.52. The highest BCUT2D eigenvalue weighted by Crippen LogP contribution is 2.42. The summed E-state index contributed by atoms with van der Waals surface area (Å²) in [6.45, 7) is 1.02. The molecule has 0 unspecified atom stereocenters. The molecule has 2 N–H and O–H groups in total. The molecule has 0 saturated carbocycles. The zero-order valence-electron chi connectivity index (χ0n) is 17.7.